The number of amides is 1. The van der Waals surface area contributed by atoms with Crippen LogP contribution in [0.25, 0.3) is 55.6 Å². The van der Waals surface area contributed by atoms with Crippen LogP contribution in [0.3, 0.4) is 0 Å². The molecule has 0 spiro atoms. The highest BCUT2D eigenvalue weighted by molar-refractivity contribution is 6.01. The highest BCUT2D eigenvalue weighted by Gasteiger charge is 2.15. The van der Waals surface area contributed by atoms with Crippen molar-refractivity contribution in [2.24, 2.45) is 5.92 Å². The van der Waals surface area contributed by atoms with Gasteiger partial charge in [0.2, 0.25) is 5.91 Å². The fourth-order valence-electron chi connectivity index (χ4n) is 4.45. The second-order valence-corrected chi connectivity index (χ2v) is 9.36. The van der Waals surface area contributed by atoms with Crippen molar-refractivity contribution >= 4 is 33.4 Å². The topological polar surface area (TPSA) is 125 Å². The summed E-state index contributed by atoms with van der Waals surface area (Å²) in [5, 5.41) is 12.6. The molecule has 0 bridgehead atoms. The quantitative estimate of drug-likeness (QED) is 0.280. The smallest absolute Gasteiger partial charge is 0.224 e. The Bertz CT molecular complexity index is 1740. The number of carbonyl (C=O) groups is 1. The molecule has 0 aromatic carbocycles. The minimum absolute atomic E-state index is 0.0334. The molecule has 0 unspecified atom stereocenters. The van der Waals surface area contributed by atoms with Crippen molar-refractivity contribution in [2.75, 3.05) is 5.32 Å². The summed E-state index contributed by atoms with van der Waals surface area (Å²) in [5.41, 5.74) is 7.64. The van der Waals surface area contributed by atoms with Crippen molar-refractivity contribution in [3.05, 3.63) is 73.7 Å². The molecular weight excluding hydrogens is 464 g/mol. The van der Waals surface area contributed by atoms with E-state index in [1.165, 1.54) is 0 Å². The average Bonchev–Trinajstić information content (AvgIpc) is 3.52. The van der Waals surface area contributed by atoms with Gasteiger partial charge in [0.15, 0.2) is 0 Å². The maximum Gasteiger partial charge on any atom is 0.224 e. The molecule has 37 heavy (non-hydrogen) atoms. The van der Waals surface area contributed by atoms with Crippen LogP contribution in [-0.2, 0) is 4.79 Å². The zero-order chi connectivity index (χ0) is 25.4. The van der Waals surface area contributed by atoms with Crippen molar-refractivity contribution in [1.29, 1.82) is 0 Å². The number of aromatic amines is 2. The van der Waals surface area contributed by atoms with E-state index in [0.29, 0.717) is 12.1 Å². The largest absolute Gasteiger partial charge is 0.352 e. The molecule has 6 heterocycles. The normalized spacial score (nSPS) is 11.4. The molecule has 6 aromatic heterocycles. The van der Waals surface area contributed by atoms with Crippen LogP contribution in [0.2, 0.25) is 0 Å². The first-order valence-corrected chi connectivity index (χ1v) is 12.0. The van der Waals surface area contributed by atoms with Gasteiger partial charge in [-0.05, 0) is 41.8 Å². The third kappa shape index (κ3) is 4.42. The number of anilines is 1. The second-order valence-electron chi connectivity index (χ2n) is 9.36. The van der Waals surface area contributed by atoms with Crippen molar-refractivity contribution in [1.82, 2.24) is 35.1 Å². The summed E-state index contributed by atoms with van der Waals surface area (Å²) in [4.78, 5) is 33.1. The monoisotopic (exact) mass is 488 g/mol. The molecule has 9 heteroatoms. The number of nitrogens with zero attached hydrogens (tertiary/aromatic N) is 5. The summed E-state index contributed by atoms with van der Waals surface area (Å²) < 4.78 is 0. The van der Waals surface area contributed by atoms with E-state index in [9.17, 15) is 4.79 Å². The lowest BCUT2D eigenvalue weighted by atomic mass is 10.1. The lowest BCUT2D eigenvalue weighted by Gasteiger charge is -2.08. The third-order valence-corrected chi connectivity index (χ3v) is 6.15. The van der Waals surface area contributed by atoms with Crippen molar-refractivity contribution in [2.45, 2.75) is 20.3 Å². The van der Waals surface area contributed by atoms with Gasteiger partial charge in [-0.3, -0.25) is 29.8 Å². The maximum absolute atomic E-state index is 12.2. The van der Waals surface area contributed by atoms with Gasteiger partial charge >= 0.3 is 0 Å². The van der Waals surface area contributed by atoms with Crippen LogP contribution in [0.4, 0.5) is 5.69 Å². The summed E-state index contributed by atoms with van der Waals surface area (Å²) in [5.74, 6) is 0.245. The fourth-order valence-corrected chi connectivity index (χ4v) is 4.45. The Balaban J connectivity index is 1.38. The van der Waals surface area contributed by atoms with E-state index in [4.69, 9.17) is 0 Å². The molecule has 182 valence electrons. The number of carbonyl (C=O) groups excluding carboxylic acids is 1. The molecule has 0 fully saturated rings. The lowest BCUT2D eigenvalue weighted by molar-refractivity contribution is -0.116. The van der Waals surface area contributed by atoms with Crippen molar-refractivity contribution in [3.8, 4) is 33.8 Å². The molecule has 0 saturated heterocycles. The Morgan fingerprint density at radius 3 is 2.57 bits per heavy atom. The summed E-state index contributed by atoms with van der Waals surface area (Å²) in [6.45, 7) is 4.03. The Labute approximate surface area is 212 Å². The van der Waals surface area contributed by atoms with Gasteiger partial charge in [-0.1, -0.05) is 13.8 Å². The molecule has 0 aliphatic carbocycles. The van der Waals surface area contributed by atoms with E-state index >= 15 is 0 Å². The highest BCUT2D eigenvalue weighted by atomic mass is 16.1. The molecule has 0 atom stereocenters. The van der Waals surface area contributed by atoms with Crippen LogP contribution in [0.1, 0.15) is 20.3 Å². The molecule has 0 aliphatic rings. The Hall–Kier alpha value is -4.92. The maximum atomic E-state index is 12.2. The molecule has 0 saturated carbocycles. The number of pyridine rings is 4. The first-order chi connectivity index (χ1) is 18.0. The average molecular weight is 489 g/mol. The summed E-state index contributed by atoms with van der Waals surface area (Å²) in [6, 6.07) is 9.90. The van der Waals surface area contributed by atoms with Gasteiger partial charge < -0.3 is 10.3 Å². The van der Waals surface area contributed by atoms with Crippen molar-refractivity contribution in [3.63, 3.8) is 0 Å². The Morgan fingerprint density at radius 1 is 0.892 bits per heavy atom. The zero-order valence-corrected chi connectivity index (χ0v) is 20.4. The van der Waals surface area contributed by atoms with Gasteiger partial charge in [0.05, 0.1) is 46.7 Å². The predicted molar refractivity (Wildman–Crippen MR) is 144 cm³/mol. The van der Waals surface area contributed by atoms with E-state index < -0.39 is 0 Å². The van der Waals surface area contributed by atoms with Crippen LogP contribution < -0.4 is 5.32 Å². The summed E-state index contributed by atoms with van der Waals surface area (Å²) in [6.07, 6.45) is 12.8. The van der Waals surface area contributed by atoms with Crippen molar-refractivity contribution < 1.29 is 4.79 Å². The SMILES string of the molecule is CC(C)CC(=O)Nc1cncc(-c2cc3c(-c4cc5c(-c6ccncc6)cncc5[nH]4)n[nH]c3cn2)c1. The minimum Gasteiger partial charge on any atom is -0.352 e. The second kappa shape index (κ2) is 9.27. The van der Waals surface area contributed by atoms with Gasteiger partial charge in [-0.25, -0.2) is 0 Å². The van der Waals surface area contributed by atoms with E-state index in [1.54, 1.807) is 31.0 Å². The standard InChI is InChI=1S/C28H24N8O/c1-16(2)7-27(37)33-19-8-18(11-30-12-19)23-10-21-26(15-32-23)35-36-28(21)24-9-20-22(13-31-14-25(20)34-24)17-3-5-29-6-4-17/h3-6,8-16,34H,7H2,1-2H3,(H,33,37)(H,35,36). The van der Waals surface area contributed by atoms with Gasteiger partial charge in [0.25, 0.3) is 0 Å². The van der Waals surface area contributed by atoms with Crippen LogP contribution in [0.5, 0.6) is 0 Å². The van der Waals surface area contributed by atoms with Crippen LogP contribution in [-0.4, -0.2) is 41.0 Å². The first kappa shape index (κ1) is 22.5. The molecule has 6 rings (SSSR count). The number of H-pyrrole nitrogens is 2. The van der Waals surface area contributed by atoms with Crippen LogP contribution >= 0.6 is 0 Å². The lowest BCUT2D eigenvalue weighted by Crippen LogP contribution is -2.13. The van der Waals surface area contributed by atoms with E-state index in [0.717, 1.165) is 55.6 Å². The van der Waals surface area contributed by atoms with Gasteiger partial charge in [0, 0.05) is 53.1 Å². The van der Waals surface area contributed by atoms with Gasteiger partial charge in [0.1, 0.15) is 5.69 Å². The number of hydrogen-bond acceptors (Lipinski definition) is 6. The van der Waals surface area contributed by atoms with Crippen LogP contribution in [0, 0.1) is 5.92 Å². The first-order valence-electron chi connectivity index (χ1n) is 12.0. The van der Waals surface area contributed by atoms with Gasteiger partial charge in [-0.15, -0.1) is 0 Å². The molecule has 1 amide bonds. The zero-order valence-electron chi connectivity index (χ0n) is 20.4. The Kier molecular flexibility index (Phi) is 5.65. The molecule has 3 N–H and O–H groups in total. The minimum atomic E-state index is -0.0334. The number of rotatable bonds is 6. The molecule has 0 aliphatic heterocycles. The Morgan fingerprint density at radius 2 is 1.73 bits per heavy atom. The number of hydrogen-bond donors (Lipinski definition) is 3. The van der Waals surface area contributed by atoms with E-state index in [2.05, 4.69) is 46.5 Å². The number of nitrogens with one attached hydrogen (secondary N) is 3. The number of aromatic nitrogens is 7. The molecule has 6 aromatic rings. The van der Waals surface area contributed by atoms with E-state index in [-0.39, 0.29) is 11.8 Å². The number of fused-ring (bicyclic) bond motifs is 2. The third-order valence-electron chi connectivity index (χ3n) is 6.15. The fraction of sp³-hybridized carbons (Fsp3) is 0.143. The molecule has 0 radical (unpaired) electrons. The summed E-state index contributed by atoms with van der Waals surface area (Å²) >= 11 is 0. The predicted octanol–water partition coefficient (Wildman–Crippen LogP) is 5.61. The van der Waals surface area contributed by atoms with E-state index in [1.807, 2.05) is 50.5 Å². The molecular formula is C28H24N8O. The van der Waals surface area contributed by atoms with Gasteiger partial charge in [-0.2, -0.15) is 5.10 Å². The highest BCUT2D eigenvalue weighted by Crippen LogP contribution is 2.34. The van der Waals surface area contributed by atoms with Crippen LogP contribution in [0.15, 0.2) is 73.7 Å². The molecule has 9 nitrogen and oxygen atoms in total. The summed E-state index contributed by atoms with van der Waals surface area (Å²) in [7, 11) is 0.